The van der Waals surface area contributed by atoms with Crippen LogP contribution >= 0.6 is 0 Å². The van der Waals surface area contributed by atoms with Gasteiger partial charge in [-0.2, -0.15) is 0 Å². The van der Waals surface area contributed by atoms with Crippen LogP contribution in [0, 0.1) is 5.41 Å². The number of benzene rings is 2. The monoisotopic (exact) mass is 267 g/mol. The van der Waals surface area contributed by atoms with E-state index in [1.165, 1.54) is 42.0 Å². The van der Waals surface area contributed by atoms with E-state index >= 15 is 0 Å². The van der Waals surface area contributed by atoms with Crippen LogP contribution in [-0.2, 0) is 0 Å². The summed E-state index contributed by atoms with van der Waals surface area (Å²) in [5, 5.41) is 6.44. The molecular weight excluding hydrogens is 242 g/mol. The maximum absolute atomic E-state index is 3.75. The lowest BCUT2D eigenvalue weighted by molar-refractivity contribution is 0.226. The molecule has 0 radical (unpaired) electrons. The van der Waals surface area contributed by atoms with Crippen LogP contribution in [0.25, 0.3) is 10.8 Å². The van der Waals surface area contributed by atoms with E-state index in [0.717, 1.165) is 6.54 Å². The van der Waals surface area contributed by atoms with Crippen molar-refractivity contribution in [2.45, 2.75) is 45.6 Å². The molecule has 1 nitrogen and oxygen atoms in total. The molecule has 1 N–H and O–H groups in total. The van der Waals surface area contributed by atoms with Crippen molar-refractivity contribution in [3.63, 3.8) is 0 Å². The fourth-order valence-electron chi connectivity index (χ4n) is 3.83. The van der Waals surface area contributed by atoms with Crippen LogP contribution in [0.1, 0.15) is 51.1 Å². The van der Waals surface area contributed by atoms with Crippen LogP contribution in [0.4, 0.5) is 0 Å². The third kappa shape index (κ3) is 2.47. The summed E-state index contributed by atoms with van der Waals surface area (Å²) in [6.45, 7) is 5.71. The van der Waals surface area contributed by atoms with E-state index in [1.807, 2.05) is 0 Å². The van der Waals surface area contributed by atoms with Crippen LogP contribution in [-0.4, -0.2) is 6.54 Å². The Bertz CT molecular complexity index is 581. The Hall–Kier alpha value is -1.34. The molecule has 1 atom stereocenters. The second kappa shape index (κ2) is 5.57. The highest BCUT2D eigenvalue weighted by molar-refractivity contribution is 5.83. The molecule has 1 aliphatic rings. The van der Waals surface area contributed by atoms with Crippen molar-refractivity contribution in [1.29, 1.82) is 0 Å². The first-order valence-corrected chi connectivity index (χ1v) is 7.95. The second-order valence-electron chi connectivity index (χ2n) is 6.46. The van der Waals surface area contributed by atoms with Gasteiger partial charge in [0.05, 0.1) is 0 Å². The Balaban J connectivity index is 2.00. The second-order valence-corrected chi connectivity index (χ2v) is 6.46. The van der Waals surface area contributed by atoms with Crippen LogP contribution in [0.15, 0.2) is 42.5 Å². The summed E-state index contributed by atoms with van der Waals surface area (Å²) in [5.41, 5.74) is 1.87. The van der Waals surface area contributed by atoms with E-state index < -0.39 is 0 Å². The van der Waals surface area contributed by atoms with Gasteiger partial charge >= 0.3 is 0 Å². The minimum Gasteiger partial charge on any atom is -0.310 e. The van der Waals surface area contributed by atoms with Gasteiger partial charge in [0.2, 0.25) is 0 Å². The predicted molar refractivity (Wildman–Crippen MR) is 86.9 cm³/mol. The molecule has 1 fully saturated rings. The smallest absolute Gasteiger partial charge is 0.0374 e. The molecule has 0 aliphatic heterocycles. The Morgan fingerprint density at radius 2 is 1.75 bits per heavy atom. The third-order valence-corrected chi connectivity index (χ3v) is 4.96. The van der Waals surface area contributed by atoms with E-state index in [2.05, 4.69) is 61.6 Å². The average Bonchev–Trinajstić information content (AvgIpc) is 2.92. The molecule has 0 amide bonds. The SMILES string of the molecule is CCNC(c1ccc2ccccc2c1)C1(C)CCCC1. The van der Waals surface area contributed by atoms with Gasteiger partial charge in [-0.3, -0.25) is 0 Å². The van der Waals surface area contributed by atoms with Gasteiger partial charge in [-0.1, -0.05) is 63.1 Å². The maximum atomic E-state index is 3.75. The number of hydrogen-bond donors (Lipinski definition) is 1. The largest absolute Gasteiger partial charge is 0.310 e. The van der Waals surface area contributed by atoms with Crippen molar-refractivity contribution in [2.24, 2.45) is 5.41 Å². The molecular formula is C19H25N. The molecule has 0 saturated heterocycles. The van der Waals surface area contributed by atoms with E-state index in [9.17, 15) is 0 Å². The normalized spacial score (nSPS) is 19.3. The molecule has 0 spiro atoms. The third-order valence-electron chi connectivity index (χ3n) is 4.96. The quantitative estimate of drug-likeness (QED) is 0.815. The zero-order chi connectivity index (χ0) is 14.0. The van der Waals surface area contributed by atoms with E-state index in [0.29, 0.717) is 11.5 Å². The zero-order valence-corrected chi connectivity index (χ0v) is 12.7. The van der Waals surface area contributed by atoms with Crippen LogP contribution < -0.4 is 5.32 Å². The Kier molecular flexibility index (Phi) is 3.80. The van der Waals surface area contributed by atoms with Crippen molar-refractivity contribution in [3.8, 4) is 0 Å². The number of fused-ring (bicyclic) bond motifs is 1. The summed E-state index contributed by atoms with van der Waals surface area (Å²) in [6.07, 6.45) is 5.45. The molecule has 1 aliphatic carbocycles. The molecule has 0 bridgehead atoms. The standard InChI is InChI=1S/C19H25N/c1-3-20-18(19(2)12-6-7-13-19)17-11-10-15-8-4-5-9-16(15)14-17/h4-5,8-11,14,18,20H,3,6-7,12-13H2,1-2H3. The molecule has 0 aromatic heterocycles. The molecule has 106 valence electrons. The first kappa shape index (κ1) is 13.6. The molecule has 0 heterocycles. The van der Waals surface area contributed by atoms with E-state index in [1.54, 1.807) is 0 Å². The lowest BCUT2D eigenvalue weighted by Gasteiger charge is -2.35. The van der Waals surface area contributed by atoms with Crippen molar-refractivity contribution >= 4 is 10.8 Å². The highest BCUT2D eigenvalue weighted by Gasteiger charge is 2.37. The van der Waals surface area contributed by atoms with Gasteiger partial charge in [0.1, 0.15) is 0 Å². The zero-order valence-electron chi connectivity index (χ0n) is 12.7. The summed E-state index contributed by atoms with van der Waals surface area (Å²) in [4.78, 5) is 0. The van der Waals surface area contributed by atoms with Crippen molar-refractivity contribution in [1.82, 2.24) is 5.32 Å². The molecule has 1 saturated carbocycles. The van der Waals surface area contributed by atoms with Gasteiger partial charge in [0, 0.05) is 6.04 Å². The number of nitrogens with one attached hydrogen (secondary N) is 1. The highest BCUT2D eigenvalue weighted by atomic mass is 14.9. The average molecular weight is 267 g/mol. The summed E-state index contributed by atoms with van der Waals surface area (Å²) in [6, 6.07) is 16.1. The van der Waals surface area contributed by atoms with Gasteiger partial charge in [-0.25, -0.2) is 0 Å². The lowest BCUT2D eigenvalue weighted by atomic mass is 9.77. The molecule has 2 aromatic rings. The van der Waals surface area contributed by atoms with Crippen molar-refractivity contribution < 1.29 is 0 Å². The van der Waals surface area contributed by atoms with E-state index in [-0.39, 0.29) is 0 Å². The summed E-state index contributed by atoms with van der Waals surface area (Å²) in [5.74, 6) is 0. The minimum atomic E-state index is 0.415. The Labute approximate surface area is 122 Å². The van der Waals surface area contributed by atoms with Crippen LogP contribution in [0.2, 0.25) is 0 Å². The molecule has 20 heavy (non-hydrogen) atoms. The highest BCUT2D eigenvalue weighted by Crippen LogP contribution is 2.47. The number of hydrogen-bond acceptors (Lipinski definition) is 1. The Morgan fingerprint density at radius 1 is 1.05 bits per heavy atom. The summed E-state index contributed by atoms with van der Waals surface area (Å²) < 4.78 is 0. The van der Waals surface area contributed by atoms with Crippen LogP contribution in [0.3, 0.4) is 0 Å². The minimum absolute atomic E-state index is 0.415. The molecule has 2 aromatic carbocycles. The van der Waals surface area contributed by atoms with Crippen molar-refractivity contribution in [3.05, 3.63) is 48.0 Å². The summed E-state index contributed by atoms with van der Waals surface area (Å²) in [7, 11) is 0. The van der Waals surface area contributed by atoms with Crippen LogP contribution in [0.5, 0.6) is 0 Å². The van der Waals surface area contributed by atoms with Gasteiger partial charge in [0.25, 0.3) is 0 Å². The van der Waals surface area contributed by atoms with Gasteiger partial charge in [0.15, 0.2) is 0 Å². The fraction of sp³-hybridized carbons (Fsp3) is 0.474. The topological polar surface area (TPSA) is 12.0 Å². The first-order chi connectivity index (χ1) is 9.73. The van der Waals surface area contributed by atoms with Gasteiger partial charge < -0.3 is 5.32 Å². The fourth-order valence-corrected chi connectivity index (χ4v) is 3.83. The number of rotatable bonds is 4. The first-order valence-electron chi connectivity index (χ1n) is 7.95. The Morgan fingerprint density at radius 3 is 2.45 bits per heavy atom. The molecule has 3 rings (SSSR count). The van der Waals surface area contributed by atoms with E-state index in [4.69, 9.17) is 0 Å². The predicted octanol–water partition coefficient (Wildman–Crippen LogP) is 5.07. The molecule has 1 heteroatoms. The van der Waals surface area contributed by atoms with Crippen molar-refractivity contribution in [2.75, 3.05) is 6.54 Å². The van der Waals surface area contributed by atoms with Gasteiger partial charge in [-0.15, -0.1) is 0 Å². The maximum Gasteiger partial charge on any atom is 0.0374 e. The molecule has 1 unspecified atom stereocenters. The van der Waals surface area contributed by atoms with Gasteiger partial charge in [-0.05, 0) is 47.2 Å². The lowest BCUT2D eigenvalue weighted by Crippen LogP contribution is -2.34. The summed E-state index contributed by atoms with van der Waals surface area (Å²) >= 11 is 0.